The summed E-state index contributed by atoms with van der Waals surface area (Å²) in [6, 6.07) is 18.4. The van der Waals surface area contributed by atoms with E-state index in [1.807, 2.05) is 36.4 Å². The third-order valence-corrected chi connectivity index (χ3v) is 7.21. The van der Waals surface area contributed by atoms with E-state index < -0.39 is 0 Å². The van der Waals surface area contributed by atoms with Gasteiger partial charge in [0.2, 0.25) is 6.79 Å². The monoisotopic (exact) mass is 635 g/mol. The lowest BCUT2D eigenvalue weighted by atomic mass is 10.2. The first-order valence-corrected chi connectivity index (χ1v) is 12.5. The normalized spacial score (nSPS) is 16.1. The van der Waals surface area contributed by atoms with E-state index >= 15 is 0 Å². The third-order valence-electron chi connectivity index (χ3n) is 4.95. The first kappa shape index (κ1) is 22.3. The van der Waals surface area contributed by atoms with Gasteiger partial charge in [0.15, 0.2) is 11.5 Å². The molecule has 0 aromatic heterocycles. The first-order valence-electron chi connectivity index (χ1n) is 9.83. The number of hydrogen-bond acceptors (Lipinski definition) is 6. The Morgan fingerprint density at radius 1 is 1.06 bits per heavy atom. The number of benzene rings is 3. The molecule has 0 N–H and O–H groups in total. The molecule has 2 aliphatic rings. The van der Waals surface area contributed by atoms with Crippen LogP contribution in [0.3, 0.4) is 0 Å². The van der Waals surface area contributed by atoms with Crippen molar-refractivity contribution in [1.29, 1.82) is 0 Å². The van der Waals surface area contributed by atoms with Crippen LogP contribution in [0.25, 0.3) is 6.08 Å². The summed E-state index contributed by atoms with van der Waals surface area (Å²) in [4.78, 5) is 26.9. The topological polar surface area (TPSA) is 65.1 Å². The highest BCUT2D eigenvalue weighted by Gasteiger charge is 2.36. The number of imide groups is 1. The van der Waals surface area contributed by atoms with Gasteiger partial charge in [0.25, 0.3) is 11.1 Å². The van der Waals surface area contributed by atoms with Crippen molar-refractivity contribution in [2.75, 3.05) is 11.7 Å². The Kier molecular flexibility index (Phi) is 6.35. The second-order valence-corrected chi connectivity index (χ2v) is 10.2. The van der Waals surface area contributed by atoms with Crippen molar-refractivity contribution in [2.45, 2.75) is 6.61 Å². The Bertz CT molecular complexity index is 1270. The van der Waals surface area contributed by atoms with Gasteiger partial charge >= 0.3 is 0 Å². The molecule has 2 heterocycles. The van der Waals surface area contributed by atoms with E-state index in [2.05, 4.69) is 38.5 Å². The third kappa shape index (κ3) is 4.62. The number of para-hydroxylation sites is 1. The van der Waals surface area contributed by atoms with E-state index in [9.17, 15) is 9.59 Å². The summed E-state index contributed by atoms with van der Waals surface area (Å²) in [6.07, 6.45) is 1.72. The summed E-state index contributed by atoms with van der Waals surface area (Å²) in [5.41, 5.74) is 2.31. The number of carbonyl (C=O) groups is 2. The van der Waals surface area contributed by atoms with E-state index in [1.165, 1.54) is 4.90 Å². The minimum absolute atomic E-state index is 0.232. The highest BCUT2D eigenvalue weighted by atomic mass is 127. The van der Waals surface area contributed by atoms with Crippen LogP contribution in [0, 0.1) is 3.57 Å². The van der Waals surface area contributed by atoms with Crippen molar-refractivity contribution in [1.82, 2.24) is 0 Å². The molecule has 3 aromatic rings. The smallest absolute Gasteiger partial charge is 0.298 e. The molecule has 0 radical (unpaired) electrons. The number of thioether (sulfide) groups is 1. The van der Waals surface area contributed by atoms with Crippen LogP contribution >= 0.6 is 50.3 Å². The molecule has 0 spiro atoms. The van der Waals surface area contributed by atoms with Crippen molar-refractivity contribution in [3.63, 3.8) is 0 Å². The summed E-state index contributed by atoms with van der Waals surface area (Å²) in [5, 5.41) is -0.310. The van der Waals surface area contributed by atoms with Crippen molar-refractivity contribution >= 4 is 73.2 Å². The average molecular weight is 636 g/mol. The van der Waals surface area contributed by atoms with E-state index in [-0.39, 0.29) is 17.9 Å². The summed E-state index contributed by atoms with van der Waals surface area (Å²) in [5.74, 6) is 1.81. The van der Waals surface area contributed by atoms with Crippen molar-refractivity contribution in [3.05, 3.63) is 84.7 Å². The summed E-state index contributed by atoms with van der Waals surface area (Å²) in [6.45, 7) is 0.593. The first-order chi connectivity index (χ1) is 16.0. The summed E-state index contributed by atoms with van der Waals surface area (Å²) in [7, 11) is 0. The van der Waals surface area contributed by atoms with Gasteiger partial charge < -0.3 is 14.2 Å². The highest BCUT2D eigenvalue weighted by Crippen LogP contribution is 2.38. The number of ether oxygens (including phenoxy) is 3. The minimum atomic E-state index is -0.328. The van der Waals surface area contributed by atoms with Gasteiger partial charge in [0, 0.05) is 0 Å². The van der Waals surface area contributed by atoms with E-state index in [1.54, 1.807) is 30.3 Å². The van der Waals surface area contributed by atoms with Crippen LogP contribution in [0.2, 0.25) is 0 Å². The SMILES string of the molecule is O=C1S/C(=C\c2cc(Br)c(OCc3ccc4c(c3)OCO4)c(I)c2)C(=O)N1c1ccccc1. The number of hydrogen-bond donors (Lipinski definition) is 0. The minimum Gasteiger partial charge on any atom is -0.487 e. The van der Waals surface area contributed by atoms with E-state index in [0.29, 0.717) is 28.7 Å². The van der Waals surface area contributed by atoms with Crippen molar-refractivity contribution in [2.24, 2.45) is 0 Å². The van der Waals surface area contributed by atoms with Gasteiger partial charge in [-0.15, -0.1) is 0 Å². The summed E-state index contributed by atoms with van der Waals surface area (Å²) < 4.78 is 18.4. The van der Waals surface area contributed by atoms with Crippen molar-refractivity contribution < 1.29 is 23.8 Å². The molecule has 1 saturated heterocycles. The maximum absolute atomic E-state index is 12.9. The molecule has 6 nitrogen and oxygen atoms in total. The molecule has 3 aromatic carbocycles. The van der Waals surface area contributed by atoms with Gasteiger partial charge in [0.05, 0.1) is 18.6 Å². The standard InChI is InChI=1S/C24H15BrINO5S/c25-17-8-15(11-21-23(28)27(24(29)33-21)16-4-2-1-3-5-16)9-18(26)22(17)30-12-14-6-7-19-20(10-14)32-13-31-19/h1-11H,12-13H2/b21-11-. The van der Waals surface area contributed by atoms with Gasteiger partial charge in [-0.1, -0.05) is 24.3 Å². The van der Waals surface area contributed by atoms with Crippen LogP contribution in [-0.2, 0) is 11.4 Å². The number of anilines is 1. The van der Waals surface area contributed by atoms with Gasteiger partial charge in [0.1, 0.15) is 12.4 Å². The van der Waals surface area contributed by atoms with Gasteiger partial charge in [-0.05, 0) is 104 Å². The summed E-state index contributed by atoms with van der Waals surface area (Å²) >= 11 is 6.70. The number of amides is 2. The molecule has 0 aliphatic carbocycles. The van der Waals surface area contributed by atoms with Gasteiger partial charge in [-0.25, -0.2) is 4.90 Å². The Labute approximate surface area is 216 Å². The fraction of sp³-hybridized carbons (Fsp3) is 0.0833. The fourth-order valence-electron chi connectivity index (χ4n) is 3.41. The zero-order valence-electron chi connectivity index (χ0n) is 16.9. The molecule has 1 fully saturated rings. The Balaban J connectivity index is 1.34. The fourth-order valence-corrected chi connectivity index (χ4v) is 6.02. The molecular formula is C24H15BrINO5S. The van der Waals surface area contributed by atoms with Gasteiger partial charge in [-0.2, -0.15) is 0 Å². The maximum atomic E-state index is 12.9. The van der Waals surface area contributed by atoms with Crippen LogP contribution in [0.15, 0.2) is 70.0 Å². The number of halogens is 2. The zero-order chi connectivity index (χ0) is 22.9. The van der Waals surface area contributed by atoms with Crippen molar-refractivity contribution in [3.8, 4) is 17.2 Å². The predicted octanol–water partition coefficient (Wildman–Crippen LogP) is 6.60. The van der Waals surface area contributed by atoms with E-state index in [0.717, 1.165) is 36.7 Å². The molecular weight excluding hydrogens is 621 g/mol. The van der Waals surface area contributed by atoms with Crippen LogP contribution in [0.1, 0.15) is 11.1 Å². The number of nitrogens with zero attached hydrogens (tertiary/aromatic N) is 1. The predicted molar refractivity (Wildman–Crippen MR) is 139 cm³/mol. The Hall–Kier alpha value is -2.50. The van der Waals surface area contributed by atoms with E-state index in [4.69, 9.17) is 14.2 Å². The van der Waals surface area contributed by atoms with Crippen LogP contribution in [-0.4, -0.2) is 17.9 Å². The second kappa shape index (κ2) is 9.40. The van der Waals surface area contributed by atoms with Crippen LogP contribution < -0.4 is 19.1 Å². The lowest BCUT2D eigenvalue weighted by molar-refractivity contribution is -0.113. The molecule has 166 valence electrons. The molecule has 9 heteroatoms. The lowest BCUT2D eigenvalue weighted by Gasteiger charge is -2.12. The molecule has 0 atom stereocenters. The largest absolute Gasteiger partial charge is 0.487 e. The number of carbonyl (C=O) groups excluding carboxylic acids is 2. The van der Waals surface area contributed by atoms with Gasteiger partial charge in [-0.3, -0.25) is 9.59 Å². The molecule has 33 heavy (non-hydrogen) atoms. The van der Waals surface area contributed by atoms with Crippen LogP contribution in [0.5, 0.6) is 17.2 Å². The second-order valence-electron chi connectivity index (χ2n) is 7.14. The average Bonchev–Trinajstić information content (AvgIpc) is 3.37. The zero-order valence-corrected chi connectivity index (χ0v) is 21.5. The molecule has 2 amide bonds. The Morgan fingerprint density at radius 3 is 2.64 bits per heavy atom. The number of rotatable bonds is 5. The quantitative estimate of drug-likeness (QED) is 0.232. The molecule has 5 rings (SSSR count). The highest BCUT2D eigenvalue weighted by molar-refractivity contribution is 14.1. The Morgan fingerprint density at radius 2 is 1.85 bits per heavy atom. The van der Waals surface area contributed by atoms with Crippen LogP contribution in [0.4, 0.5) is 10.5 Å². The molecule has 0 unspecified atom stereocenters. The number of fused-ring (bicyclic) bond motifs is 1. The molecule has 2 aliphatic heterocycles. The lowest BCUT2D eigenvalue weighted by Crippen LogP contribution is -2.27. The molecule has 0 saturated carbocycles. The molecule has 0 bridgehead atoms. The maximum Gasteiger partial charge on any atom is 0.298 e.